The normalized spacial score (nSPS) is 19.5. The van der Waals surface area contributed by atoms with Gasteiger partial charge in [0.25, 0.3) is 0 Å². The van der Waals surface area contributed by atoms with E-state index in [0.717, 1.165) is 0 Å². The minimum Gasteiger partial charge on any atom is -0.508 e. The molecule has 0 aliphatic carbocycles. The van der Waals surface area contributed by atoms with Gasteiger partial charge < -0.3 is 36.6 Å². The van der Waals surface area contributed by atoms with E-state index in [4.69, 9.17) is 5.73 Å². The van der Waals surface area contributed by atoms with Gasteiger partial charge in [0.05, 0.1) is 6.10 Å². The number of hydrogen-bond acceptors (Lipinski definition) is 7. The third-order valence-electron chi connectivity index (χ3n) is 5.38. The molecule has 0 saturated carbocycles. The number of benzene rings is 1. The molecule has 32 heavy (non-hydrogen) atoms. The maximum atomic E-state index is 12.8. The van der Waals surface area contributed by atoms with Gasteiger partial charge in [-0.3, -0.25) is 14.4 Å². The Hall–Kier alpha value is -3.18. The highest BCUT2D eigenvalue weighted by Crippen LogP contribution is 2.19. The monoisotopic (exact) mass is 450 g/mol. The summed E-state index contributed by atoms with van der Waals surface area (Å²) in [5.41, 5.74) is 6.18. The van der Waals surface area contributed by atoms with E-state index in [1.165, 1.54) is 30.9 Å². The Bertz CT molecular complexity index is 843. The van der Waals surface area contributed by atoms with Gasteiger partial charge in [-0.05, 0) is 44.4 Å². The van der Waals surface area contributed by atoms with Gasteiger partial charge >= 0.3 is 5.97 Å². The molecule has 176 valence electrons. The number of aromatic hydroxyl groups is 1. The Morgan fingerprint density at radius 1 is 1.16 bits per heavy atom. The molecule has 5 atom stereocenters. The molecule has 11 nitrogen and oxygen atoms in total. The number of phenolic OH excluding ortho intramolecular Hbond substituents is 1. The lowest BCUT2D eigenvalue weighted by atomic mass is 10.0. The van der Waals surface area contributed by atoms with E-state index in [1.807, 2.05) is 0 Å². The molecule has 1 fully saturated rings. The Morgan fingerprint density at radius 3 is 2.34 bits per heavy atom. The molecule has 1 heterocycles. The third kappa shape index (κ3) is 6.41. The number of nitrogens with one attached hydrogen (secondary N) is 2. The highest BCUT2D eigenvalue weighted by atomic mass is 16.4. The van der Waals surface area contributed by atoms with E-state index in [0.29, 0.717) is 18.4 Å². The fourth-order valence-corrected chi connectivity index (χ4v) is 3.48. The molecule has 1 aliphatic rings. The number of rotatable bonds is 9. The van der Waals surface area contributed by atoms with Crippen molar-refractivity contribution < 1.29 is 34.5 Å². The van der Waals surface area contributed by atoms with Gasteiger partial charge in [-0.25, -0.2) is 4.79 Å². The maximum Gasteiger partial charge on any atom is 0.326 e. The topological polar surface area (TPSA) is 182 Å². The van der Waals surface area contributed by atoms with E-state index in [-0.39, 0.29) is 18.7 Å². The first kappa shape index (κ1) is 25.1. The first-order valence-electron chi connectivity index (χ1n) is 10.4. The number of aliphatic carboxylic acids is 1. The highest BCUT2D eigenvalue weighted by Gasteiger charge is 2.38. The van der Waals surface area contributed by atoms with Gasteiger partial charge in [0, 0.05) is 13.0 Å². The number of carbonyl (C=O) groups excluding carboxylic acids is 3. The zero-order valence-electron chi connectivity index (χ0n) is 18.0. The molecule has 7 N–H and O–H groups in total. The summed E-state index contributed by atoms with van der Waals surface area (Å²) in [4.78, 5) is 50.6. The average molecular weight is 450 g/mol. The van der Waals surface area contributed by atoms with Crippen molar-refractivity contribution in [3.8, 4) is 5.75 Å². The van der Waals surface area contributed by atoms with E-state index in [1.54, 1.807) is 12.1 Å². The number of amides is 3. The summed E-state index contributed by atoms with van der Waals surface area (Å²) in [5, 5.41) is 33.2. The number of nitrogens with two attached hydrogens (primary N) is 1. The Labute approximate surface area is 185 Å². The van der Waals surface area contributed by atoms with Crippen LogP contribution in [0.15, 0.2) is 24.3 Å². The fraction of sp³-hybridized carbons (Fsp3) is 0.524. The number of carboxylic acid groups (broad SMARTS) is 1. The number of hydrogen-bond donors (Lipinski definition) is 6. The largest absolute Gasteiger partial charge is 0.508 e. The molecule has 0 spiro atoms. The van der Waals surface area contributed by atoms with Crippen molar-refractivity contribution in [2.75, 3.05) is 6.54 Å². The van der Waals surface area contributed by atoms with Crippen molar-refractivity contribution in [3.63, 3.8) is 0 Å². The summed E-state index contributed by atoms with van der Waals surface area (Å²) in [6.07, 6.45) is -0.181. The van der Waals surface area contributed by atoms with Crippen LogP contribution in [-0.2, 0) is 25.6 Å². The number of aliphatic hydroxyl groups excluding tert-OH is 1. The highest BCUT2D eigenvalue weighted by molar-refractivity contribution is 5.94. The second-order valence-electron chi connectivity index (χ2n) is 7.96. The van der Waals surface area contributed by atoms with Gasteiger partial charge in [0.15, 0.2) is 0 Å². The van der Waals surface area contributed by atoms with Crippen LogP contribution in [0.5, 0.6) is 5.75 Å². The molecule has 1 aliphatic heterocycles. The Balaban J connectivity index is 2.03. The molecule has 0 bridgehead atoms. The minimum atomic E-state index is -1.23. The zero-order chi connectivity index (χ0) is 24.0. The second kappa shape index (κ2) is 10.9. The fourth-order valence-electron chi connectivity index (χ4n) is 3.48. The van der Waals surface area contributed by atoms with Crippen LogP contribution in [0.3, 0.4) is 0 Å². The molecule has 0 aromatic heterocycles. The first-order valence-corrected chi connectivity index (χ1v) is 10.4. The number of carbonyl (C=O) groups is 4. The van der Waals surface area contributed by atoms with Crippen LogP contribution in [-0.4, -0.2) is 80.7 Å². The van der Waals surface area contributed by atoms with Gasteiger partial charge in [-0.15, -0.1) is 0 Å². The van der Waals surface area contributed by atoms with Crippen LogP contribution >= 0.6 is 0 Å². The Kier molecular flexibility index (Phi) is 8.56. The second-order valence-corrected chi connectivity index (χ2v) is 7.96. The van der Waals surface area contributed by atoms with Gasteiger partial charge in [-0.2, -0.15) is 0 Å². The van der Waals surface area contributed by atoms with Crippen LogP contribution in [0.25, 0.3) is 0 Å². The Morgan fingerprint density at radius 2 is 1.78 bits per heavy atom. The lowest BCUT2D eigenvalue weighted by Crippen LogP contribution is -2.57. The molecule has 11 heteroatoms. The minimum absolute atomic E-state index is 0.00567. The molecule has 3 amide bonds. The molecule has 2 rings (SSSR count). The van der Waals surface area contributed by atoms with E-state index >= 15 is 0 Å². The van der Waals surface area contributed by atoms with Crippen molar-refractivity contribution in [2.45, 2.75) is 63.4 Å². The van der Waals surface area contributed by atoms with Crippen LogP contribution in [0.4, 0.5) is 0 Å². The first-order chi connectivity index (χ1) is 15.0. The molecule has 1 aromatic carbocycles. The predicted molar refractivity (Wildman–Crippen MR) is 113 cm³/mol. The molecular formula is C21H30N4O7. The zero-order valence-corrected chi connectivity index (χ0v) is 18.0. The standard InChI is InChI=1S/C21H30N4O7/c1-11(23-19(29)17(22)12(2)26)20(30)25-9-3-4-16(25)18(28)24-15(21(31)32)10-13-5-7-14(27)8-6-13/h5-8,11-12,15-17,26-27H,3-4,9-10,22H2,1-2H3,(H,23,29)(H,24,28)(H,31,32). The molecule has 5 unspecified atom stereocenters. The van der Waals surface area contributed by atoms with Crippen molar-refractivity contribution in [3.05, 3.63) is 29.8 Å². The van der Waals surface area contributed by atoms with Crippen LogP contribution < -0.4 is 16.4 Å². The van der Waals surface area contributed by atoms with E-state index in [9.17, 15) is 34.5 Å². The molecule has 1 saturated heterocycles. The summed E-state index contributed by atoms with van der Waals surface area (Å²) in [7, 11) is 0. The van der Waals surface area contributed by atoms with Crippen molar-refractivity contribution in [1.29, 1.82) is 0 Å². The number of carboxylic acids is 1. The predicted octanol–water partition coefficient (Wildman–Crippen LogP) is -1.29. The number of phenols is 1. The van der Waals surface area contributed by atoms with E-state index in [2.05, 4.69) is 10.6 Å². The number of nitrogens with zero attached hydrogens (tertiary/aromatic N) is 1. The van der Waals surface area contributed by atoms with Gasteiger partial charge in [-0.1, -0.05) is 12.1 Å². The lowest BCUT2D eigenvalue weighted by molar-refractivity contribution is -0.144. The summed E-state index contributed by atoms with van der Waals surface area (Å²) < 4.78 is 0. The summed E-state index contributed by atoms with van der Waals surface area (Å²) >= 11 is 0. The lowest BCUT2D eigenvalue weighted by Gasteiger charge is -2.28. The van der Waals surface area contributed by atoms with Crippen molar-refractivity contribution in [2.24, 2.45) is 5.73 Å². The SMILES string of the molecule is CC(NC(=O)C(N)C(C)O)C(=O)N1CCCC1C(=O)NC(Cc1ccc(O)cc1)C(=O)O. The van der Waals surface area contributed by atoms with Gasteiger partial charge in [0.2, 0.25) is 17.7 Å². The molecule has 1 aromatic rings. The molecule has 0 radical (unpaired) electrons. The summed E-state index contributed by atoms with van der Waals surface area (Å²) in [5.74, 6) is -2.98. The van der Waals surface area contributed by atoms with Gasteiger partial charge in [0.1, 0.15) is 29.9 Å². The number of aliphatic hydroxyl groups is 1. The molecular weight excluding hydrogens is 420 g/mol. The summed E-state index contributed by atoms with van der Waals surface area (Å²) in [6, 6.07) is 1.71. The maximum absolute atomic E-state index is 12.8. The smallest absolute Gasteiger partial charge is 0.326 e. The summed E-state index contributed by atoms with van der Waals surface area (Å²) in [6.45, 7) is 3.09. The quantitative estimate of drug-likeness (QED) is 0.268. The van der Waals surface area contributed by atoms with Crippen LogP contribution in [0.2, 0.25) is 0 Å². The van der Waals surface area contributed by atoms with Crippen LogP contribution in [0, 0.1) is 0 Å². The van der Waals surface area contributed by atoms with Crippen LogP contribution in [0.1, 0.15) is 32.3 Å². The van der Waals surface area contributed by atoms with Crippen molar-refractivity contribution in [1.82, 2.24) is 15.5 Å². The average Bonchev–Trinajstić information content (AvgIpc) is 3.23. The third-order valence-corrected chi connectivity index (χ3v) is 5.38. The number of likely N-dealkylation sites (tertiary alicyclic amines) is 1. The van der Waals surface area contributed by atoms with E-state index < -0.39 is 54.0 Å². The van der Waals surface area contributed by atoms with Crippen molar-refractivity contribution >= 4 is 23.7 Å².